The quantitative estimate of drug-likeness (QED) is 0.307. The number of thiazole rings is 1. The molecule has 0 saturated carbocycles. The topological polar surface area (TPSA) is 93.0 Å². The Morgan fingerprint density at radius 1 is 1.11 bits per heavy atom. The molecule has 0 bridgehead atoms. The maximum Gasteiger partial charge on any atom is 0.260 e. The summed E-state index contributed by atoms with van der Waals surface area (Å²) in [6.07, 6.45) is 3.27. The van der Waals surface area contributed by atoms with Gasteiger partial charge in [0, 0.05) is 25.8 Å². The summed E-state index contributed by atoms with van der Waals surface area (Å²) in [5.41, 5.74) is 3.36. The lowest BCUT2D eigenvalue weighted by molar-refractivity contribution is 0.0978. The van der Waals surface area contributed by atoms with Crippen LogP contribution in [-0.4, -0.2) is 49.9 Å². The fourth-order valence-corrected chi connectivity index (χ4v) is 6.74. The van der Waals surface area contributed by atoms with E-state index in [-0.39, 0.29) is 23.5 Å². The Morgan fingerprint density at radius 3 is 2.51 bits per heavy atom. The molecule has 5 rings (SSSR count). The molecule has 0 radical (unpaired) electrons. The first-order chi connectivity index (χ1) is 17.7. The average molecular weight is 540 g/mol. The summed E-state index contributed by atoms with van der Waals surface area (Å²) in [5, 5.41) is 0.557. The molecule has 4 aromatic rings. The number of sulfonamides is 1. The number of fused-ring (bicyclic) bond motifs is 1. The number of rotatable bonds is 8. The minimum atomic E-state index is -3.71. The van der Waals surface area contributed by atoms with E-state index in [1.165, 1.54) is 27.8 Å². The molecule has 8 nitrogen and oxygen atoms in total. The molecule has 1 saturated heterocycles. The number of anilines is 1. The maximum absolute atomic E-state index is 13.7. The molecule has 1 atom stereocenters. The van der Waals surface area contributed by atoms with Crippen molar-refractivity contribution in [2.75, 3.05) is 25.1 Å². The third kappa shape index (κ3) is 5.19. The predicted molar refractivity (Wildman–Crippen MR) is 144 cm³/mol. The Labute approximate surface area is 220 Å². The van der Waals surface area contributed by atoms with Gasteiger partial charge in [-0.1, -0.05) is 23.5 Å². The smallest absolute Gasteiger partial charge is 0.260 e. The van der Waals surface area contributed by atoms with Crippen molar-refractivity contribution in [3.05, 3.63) is 77.2 Å². The van der Waals surface area contributed by atoms with Gasteiger partial charge in [-0.3, -0.25) is 9.69 Å². The number of hydrogen-bond acceptors (Lipinski definition) is 7. The highest BCUT2D eigenvalue weighted by atomic mass is 32.2. The van der Waals surface area contributed by atoms with Gasteiger partial charge < -0.3 is 9.15 Å². The van der Waals surface area contributed by atoms with Crippen LogP contribution in [0.25, 0.3) is 10.2 Å². The van der Waals surface area contributed by atoms with Crippen molar-refractivity contribution in [1.82, 2.24) is 9.29 Å². The number of furan rings is 1. The standard InChI is InChI=1S/C27H29N3O5S2/c1-18-8-9-19(2)25-24(18)28-27(36-25)30(17-22-7-5-15-35-22)26(31)20-10-12-23(13-11-20)37(32,33)29(3)16-21-6-4-14-34-21/h5,7-13,15,21H,4,6,14,16-17H2,1-3H3. The predicted octanol–water partition coefficient (Wildman–Crippen LogP) is 5.15. The van der Waals surface area contributed by atoms with E-state index in [2.05, 4.69) is 0 Å². The van der Waals surface area contributed by atoms with Crippen molar-refractivity contribution < 1.29 is 22.4 Å². The first kappa shape index (κ1) is 25.6. The number of nitrogens with zero attached hydrogens (tertiary/aromatic N) is 3. The molecule has 1 aliphatic heterocycles. The van der Waals surface area contributed by atoms with E-state index >= 15 is 0 Å². The van der Waals surface area contributed by atoms with Crippen molar-refractivity contribution in [3.63, 3.8) is 0 Å². The van der Waals surface area contributed by atoms with Crippen LogP contribution >= 0.6 is 11.3 Å². The molecule has 194 valence electrons. The van der Waals surface area contributed by atoms with Crippen LogP contribution in [-0.2, 0) is 21.3 Å². The van der Waals surface area contributed by atoms with Gasteiger partial charge in [0.2, 0.25) is 10.0 Å². The zero-order valence-electron chi connectivity index (χ0n) is 21.0. The second-order valence-electron chi connectivity index (χ2n) is 9.29. The van der Waals surface area contributed by atoms with Gasteiger partial charge in [0.05, 0.1) is 34.0 Å². The van der Waals surface area contributed by atoms with E-state index in [0.29, 0.717) is 29.6 Å². The van der Waals surface area contributed by atoms with Crippen LogP contribution in [0.4, 0.5) is 5.13 Å². The largest absolute Gasteiger partial charge is 0.467 e. The summed E-state index contributed by atoms with van der Waals surface area (Å²) in [6.45, 7) is 5.19. The fraction of sp³-hybridized carbons (Fsp3) is 0.333. The maximum atomic E-state index is 13.7. The van der Waals surface area contributed by atoms with Crippen molar-refractivity contribution in [2.45, 2.75) is 44.2 Å². The molecule has 2 aromatic heterocycles. The summed E-state index contributed by atoms with van der Waals surface area (Å²) in [6, 6.07) is 13.7. The van der Waals surface area contributed by atoms with Crippen molar-refractivity contribution in [1.29, 1.82) is 0 Å². The molecule has 10 heteroatoms. The SMILES string of the molecule is Cc1ccc(C)c2sc(N(Cc3ccco3)C(=O)c3ccc(S(=O)(=O)N(C)CC4CCCO4)cc3)nc12. The lowest BCUT2D eigenvalue weighted by atomic mass is 10.1. The molecule has 1 unspecified atom stereocenters. The molecule has 1 fully saturated rings. The Balaban J connectivity index is 1.43. The number of amides is 1. The van der Waals surface area contributed by atoms with Crippen LogP contribution in [0.5, 0.6) is 0 Å². The van der Waals surface area contributed by atoms with Crippen molar-refractivity contribution >= 4 is 42.6 Å². The van der Waals surface area contributed by atoms with Crippen LogP contribution in [0.3, 0.4) is 0 Å². The molecule has 37 heavy (non-hydrogen) atoms. The number of carbonyl (C=O) groups excluding carboxylic acids is 1. The Hall–Kier alpha value is -3.05. The van der Waals surface area contributed by atoms with E-state index in [1.807, 2.05) is 32.0 Å². The molecule has 0 spiro atoms. The third-order valence-electron chi connectivity index (χ3n) is 6.60. The Morgan fingerprint density at radius 2 is 1.86 bits per heavy atom. The van der Waals surface area contributed by atoms with Gasteiger partial charge in [-0.05, 0) is 74.2 Å². The summed E-state index contributed by atoms with van der Waals surface area (Å²) >= 11 is 1.46. The Bertz CT molecular complexity index is 1470. The number of carbonyl (C=O) groups is 1. The molecule has 0 aliphatic carbocycles. The molecular weight excluding hydrogens is 510 g/mol. The second-order valence-corrected chi connectivity index (χ2v) is 12.3. The van der Waals surface area contributed by atoms with Crippen LogP contribution in [0.1, 0.15) is 40.1 Å². The molecule has 0 N–H and O–H groups in total. The first-order valence-electron chi connectivity index (χ1n) is 12.1. The van der Waals surface area contributed by atoms with Crippen LogP contribution < -0.4 is 4.90 Å². The van der Waals surface area contributed by atoms with Crippen LogP contribution in [0.2, 0.25) is 0 Å². The number of aromatic nitrogens is 1. The van der Waals surface area contributed by atoms with Gasteiger partial charge in [-0.25, -0.2) is 13.4 Å². The van der Waals surface area contributed by atoms with E-state index in [1.54, 1.807) is 36.4 Å². The number of hydrogen-bond donors (Lipinski definition) is 0. The van der Waals surface area contributed by atoms with Gasteiger partial charge in [-0.15, -0.1) is 0 Å². The third-order valence-corrected chi connectivity index (χ3v) is 9.65. The van der Waals surface area contributed by atoms with Crippen molar-refractivity contribution in [2.24, 2.45) is 0 Å². The number of likely N-dealkylation sites (N-methyl/N-ethyl adjacent to an activating group) is 1. The number of aryl methyl sites for hydroxylation is 2. The first-order valence-corrected chi connectivity index (χ1v) is 14.4. The highest BCUT2D eigenvalue weighted by Gasteiger charge is 2.28. The molecule has 3 heterocycles. The Kier molecular flexibility index (Phi) is 7.17. The van der Waals surface area contributed by atoms with Crippen LogP contribution in [0, 0.1) is 13.8 Å². The monoisotopic (exact) mass is 539 g/mol. The lowest BCUT2D eigenvalue weighted by Gasteiger charge is -2.21. The van der Waals surface area contributed by atoms with Gasteiger partial charge in [0.15, 0.2) is 5.13 Å². The molecule has 1 amide bonds. The highest BCUT2D eigenvalue weighted by molar-refractivity contribution is 7.89. The number of ether oxygens (including phenoxy) is 1. The summed E-state index contributed by atoms with van der Waals surface area (Å²) in [5.74, 6) is 0.332. The van der Waals surface area contributed by atoms with Crippen LogP contribution in [0.15, 0.2) is 64.1 Å². The fourth-order valence-electron chi connectivity index (χ4n) is 4.43. The summed E-state index contributed by atoms with van der Waals surface area (Å²) in [7, 11) is -2.15. The minimum Gasteiger partial charge on any atom is -0.467 e. The zero-order chi connectivity index (χ0) is 26.2. The van der Waals surface area contributed by atoms with E-state index in [4.69, 9.17) is 14.1 Å². The van der Waals surface area contributed by atoms with Crippen molar-refractivity contribution in [3.8, 4) is 0 Å². The van der Waals surface area contributed by atoms with Gasteiger partial charge in [0.1, 0.15) is 5.76 Å². The van der Waals surface area contributed by atoms with E-state index in [0.717, 1.165) is 34.2 Å². The lowest BCUT2D eigenvalue weighted by Crippen LogP contribution is -2.34. The number of benzene rings is 2. The molecule has 2 aromatic carbocycles. The van der Waals surface area contributed by atoms with Gasteiger partial charge in [0.25, 0.3) is 5.91 Å². The molecule has 1 aliphatic rings. The normalized spacial score (nSPS) is 16.1. The van der Waals surface area contributed by atoms with E-state index < -0.39 is 10.0 Å². The molecular formula is C27H29N3O5S2. The second kappa shape index (κ2) is 10.4. The minimum absolute atomic E-state index is 0.0862. The van der Waals surface area contributed by atoms with Gasteiger partial charge >= 0.3 is 0 Å². The summed E-state index contributed by atoms with van der Waals surface area (Å²) in [4.78, 5) is 20.2. The average Bonchev–Trinajstić information content (AvgIpc) is 3.67. The zero-order valence-corrected chi connectivity index (χ0v) is 22.6. The highest BCUT2D eigenvalue weighted by Crippen LogP contribution is 2.34. The van der Waals surface area contributed by atoms with Gasteiger partial charge in [-0.2, -0.15) is 4.31 Å². The summed E-state index contributed by atoms with van der Waals surface area (Å²) < 4.78 is 39.6. The van der Waals surface area contributed by atoms with E-state index in [9.17, 15) is 13.2 Å².